The van der Waals surface area contributed by atoms with E-state index >= 15 is 0 Å². The van der Waals surface area contributed by atoms with Gasteiger partial charge in [0.1, 0.15) is 0 Å². The van der Waals surface area contributed by atoms with E-state index in [1.54, 1.807) is 0 Å². The molecule has 2 heterocycles. The summed E-state index contributed by atoms with van der Waals surface area (Å²) < 4.78 is 5.34. The van der Waals surface area contributed by atoms with Crippen LogP contribution in [0.2, 0.25) is 0 Å². The van der Waals surface area contributed by atoms with Gasteiger partial charge in [-0.1, -0.05) is 109 Å². The highest BCUT2D eigenvalue weighted by Gasteiger charge is 2.21. The molecule has 0 N–H and O–H groups in total. The molecule has 8 aromatic carbocycles. The maximum absolute atomic E-state index is 2.43. The predicted molar refractivity (Wildman–Crippen MR) is 207 cm³/mol. The number of nitrogens with zero attached hydrogens (tertiary/aromatic N) is 1. The molecule has 0 unspecified atom stereocenters. The van der Waals surface area contributed by atoms with E-state index in [1.165, 1.54) is 78.7 Å². The molecule has 220 valence electrons. The van der Waals surface area contributed by atoms with Crippen LogP contribution in [0.4, 0.5) is 17.1 Å². The number of hydrogen-bond acceptors (Lipinski definition) is 3. The van der Waals surface area contributed by atoms with Gasteiger partial charge in [-0.25, -0.2) is 0 Å². The van der Waals surface area contributed by atoms with Crippen LogP contribution in [0.25, 0.3) is 73.0 Å². The fourth-order valence-electron chi connectivity index (χ4n) is 7.26. The minimum atomic E-state index is 1.14. The lowest BCUT2D eigenvalue weighted by atomic mass is 9.98. The minimum absolute atomic E-state index is 1.14. The monoisotopic (exact) mass is 633 g/mol. The van der Waals surface area contributed by atoms with E-state index in [2.05, 4.69) is 169 Å². The zero-order valence-electron chi connectivity index (χ0n) is 25.4. The molecule has 0 bridgehead atoms. The molecule has 47 heavy (non-hydrogen) atoms. The summed E-state index contributed by atoms with van der Waals surface area (Å²) >= 11 is 3.82. The molecule has 0 aliphatic carbocycles. The van der Waals surface area contributed by atoms with Gasteiger partial charge in [0.15, 0.2) is 0 Å². The van der Waals surface area contributed by atoms with E-state index < -0.39 is 0 Å². The highest BCUT2D eigenvalue weighted by atomic mass is 32.1. The standard InChI is InChI=1S/C44H27NS2/c1-2-14-32(15-3-1)45(33-22-20-29(21-23-33)35-17-8-13-28-10-6-7-16-34(28)35)38-18-9-19-39-42(38)43-40(46-39)25-24-36-37-26-30-11-4-5-12-31(30)27-41(37)47-44(36)43/h1-27H. The molecule has 10 aromatic rings. The van der Waals surface area contributed by atoms with E-state index in [1.807, 2.05) is 22.7 Å². The van der Waals surface area contributed by atoms with Crippen LogP contribution in [0.1, 0.15) is 0 Å². The third kappa shape index (κ3) is 4.21. The van der Waals surface area contributed by atoms with Crippen molar-refractivity contribution in [1.29, 1.82) is 0 Å². The maximum atomic E-state index is 2.43. The third-order valence-electron chi connectivity index (χ3n) is 9.43. The predicted octanol–water partition coefficient (Wildman–Crippen LogP) is 13.9. The van der Waals surface area contributed by atoms with Crippen LogP contribution in [0.3, 0.4) is 0 Å². The van der Waals surface area contributed by atoms with Gasteiger partial charge >= 0.3 is 0 Å². The first-order chi connectivity index (χ1) is 23.3. The normalized spacial score (nSPS) is 11.8. The molecule has 0 radical (unpaired) electrons. The van der Waals surface area contributed by atoms with Crippen LogP contribution in [-0.4, -0.2) is 0 Å². The smallest absolute Gasteiger partial charge is 0.0555 e. The van der Waals surface area contributed by atoms with Gasteiger partial charge < -0.3 is 4.90 Å². The molecule has 1 nitrogen and oxygen atoms in total. The van der Waals surface area contributed by atoms with Gasteiger partial charge in [-0.15, -0.1) is 22.7 Å². The van der Waals surface area contributed by atoms with Crippen LogP contribution < -0.4 is 4.90 Å². The van der Waals surface area contributed by atoms with E-state index in [4.69, 9.17) is 0 Å². The summed E-state index contributed by atoms with van der Waals surface area (Å²) in [7, 11) is 0. The first-order valence-electron chi connectivity index (χ1n) is 15.9. The van der Waals surface area contributed by atoms with Crippen LogP contribution in [0.5, 0.6) is 0 Å². The quantitative estimate of drug-likeness (QED) is 0.186. The average Bonchev–Trinajstić information content (AvgIpc) is 3.69. The van der Waals surface area contributed by atoms with Crippen molar-refractivity contribution in [3.05, 3.63) is 164 Å². The number of para-hydroxylation sites is 1. The largest absolute Gasteiger partial charge is 0.310 e. The molecular formula is C44H27NS2. The Kier molecular flexibility index (Phi) is 5.98. The summed E-state index contributed by atoms with van der Waals surface area (Å²) in [5, 5.41) is 10.5. The molecule has 0 fully saturated rings. The fraction of sp³-hybridized carbons (Fsp3) is 0. The number of benzene rings is 8. The Morgan fingerprint density at radius 1 is 0.383 bits per heavy atom. The lowest BCUT2D eigenvalue weighted by Crippen LogP contribution is -2.10. The topological polar surface area (TPSA) is 3.24 Å². The Hall–Kier alpha value is -5.48. The van der Waals surface area contributed by atoms with Gasteiger partial charge in [-0.3, -0.25) is 0 Å². The zero-order valence-corrected chi connectivity index (χ0v) is 27.0. The molecule has 0 aliphatic rings. The summed E-state index contributed by atoms with van der Waals surface area (Å²) in [6, 6.07) is 60.0. The summed E-state index contributed by atoms with van der Waals surface area (Å²) in [5.74, 6) is 0. The summed E-state index contributed by atoms with van der Waals surface area (Å²) in [6.07, 6.45) is 0. The zero-order chi connectivity index (χ0) is 30.9. The lowest BCUT2D eigenvalue weighted by molar-refractivity contribution is 1.30. The van der Waals surface area contributed by atoms with Crippen LogP contribution in [0.15, 0.2) is 164 Å². The highest BCUT2D eigenvalue weighted by molar-refractivity contribution is 7.30. The SMILES string of the molecule is c1ccc(N(c2ccc(-c3cccc4ccccc34)cc2)c2cccc3sc4ccc5c6cc7ccccc7cc6sc5c4c23)cc1. The first-order valence-corrected chi connectivity index (χ1v) is 17.6. The second kappa shape index (κ2) is 10.5. The summed E-state index contributed by atoms with van der Waals surface area (Å²) in [4.78, 5) is 2.43. The second-order valence-corrected chi connectivity index (χ2v) is 14.2. The van der Waals surface area contributed by atoms with Gasteiger partial charge in [-0.2, -0.15) is 0 Å². The van der Waals surface area contributed by atoms with E-state index in [0.29, 0.717) is 0 Å². The Morgan fingerprint density at radius 2 is 1.06 bits per heavy atom. The molecule has 0 amide bonds. The number of thiophene rings is 2. The maximum Gasteiger partial charge on any atom is 0.0555 e. The van der Waals surface area contributed by atoms with Gasteiger partial charge in [0.2, 0.25) is 0 Å². The highest BCUT2D eigenvalue weighted by Crippen LogP contribution is 2.50. The Bertz CT molecular complexity index is 2780. The van der Waals surface area contributed by atoms with Crippen LogP contribution in [0, 0.1) is 0 Å². The van der Waals surface area contributed by atoms with E-state index in [9.17, 15) is 0 Å². The van der Waals surface area contributed by atoms with Crippen molar-refractivity contribution in [2.45, 2.75) is 0 Å². The molecule has 2 aromatic heterocycles. The number of fused-ring (bicyclic) bond motifs is 9. The molecule has 0 aliphatic heterocycles. The Labute approximate surface area is 280 Å². The Morgan fingerprint density at radius 3 is 1.91 bits per heavy atom. The fourth-order valence-corrected chi connectivity index (χ4v) is 9.75. The van der Waals surface area contributed by atoms with Crippen molar-refractivity contribution in [3.8, 4) is 11.1 Å². The van der Waals surface area contributed by atoms with E-state index in [-0.39, 0.29) is 0 Å². The minimum Gasteiger partial charge on any atom is -0.310 e. The van der Waals surface area contributed by atoms with Crippen molar-refractivity contribution in [3.63, 3.8) is 0 Å². The van der Waals surface area contributed by atoms with Crippen molar-refractivity contribution < 1.29 is 0 Å². The molecule has 10 rings (SSSR count). The third-order valence-corrected chi connectivity index (χ3v) is 11.7. The van der Waals surface area contributed by atoms with E-state index in [0.717, 1.165) is 11.4 Å². The van der Waals surface area contributed by atoms with Gasteiger partial charge in [-0.05, 0) is 87.3 Å². The van der Waals surface area contributed by atoms with Crippen molar-refractivity contribution >= 4 is 102 Å². The molecule has 0 spiro atoms. The van der Waals surface area contributed by atoms with Crippen molar-refractivity contribution in [1.82, 2.24) is 0 Å². The summed E-state index contributed by atoms with van der Waals surface area (Å²) in [6.45, 7) is 0. The summed E-state index contributed by atoms with van der Waals surface area (Å²) in [5.41, 5.74) is 5.96. The van der Waals surface area contributed by atoms with Crippen molar-refractivity contribution in [2.75, 3.05) is 4.90 Å². The lowest BCUT2D eigenvalue weighted by Gasteiger charge is -2.26. The number of rotatable bonds is 4. The first kappa shape index (κ1) is 26.7. The number of anilines is 3. The number of hydrogen-bond donors (Lipinski definition) is 0. The molecule has 0 saturated carbocycles. The molecular weight excluding hydrogens is 607 g/mol. The molecule has 0 saturated heterocycles. The Balaban J connectivity index is 1.21. The van der Waals surface area contributed by atoms with Crippen LogP contribution in [-0.2, 0) is 0 Å². The van der Waals surface area contributed by atoms with Gasteiger partial charge in [0.25, 0.3) is 0 Å². The van der Waals surface area contributed by atoms with Crippen molar-refractivity contribution in [2.24, 2.45) is 0 Å². The molecule has 3 heteroatoms. The van der Waals surface area contributed by atoms with Gasteiger partial charge in [0, 0.05) is 51.7 Å². The van der Waals surface area contributed by atoms with Gasteiger partial charge in [0.05, 0.1) is 5.69 Å². The second-order valence-electron chi connectivity index (χ2n) is 12.1. The average molecular weight is 634 g/mol. The van der Waals surface area contributed by atoms with Crippen LogP contribution >= 0.6 is 22.7 Å². The molecule has 0 atom stereocenters.